The number of quaternary nitrogens is 3. The molecule has 0 spiro atoms. The van der Waals surface area contributed by atoms with Gasteiger partial charge in [-0.15, -0.1) is 9.29 Å². The van der Waals surface area contributed by atoms with E-state index in [0.717, 1.165) is 48.6 Å². The summed E-state index contributed by atoms with van der Waals surface area (Å²) in [6, 6.07) is 0. The molecule has 2 saturated carbocycles. The van der Waals surface area contributed by atoms with Crippen LogP contribution in [0.25, 0.3) is 0 Å². The summed E-state index contributed by atoms with van der Waals surface area (Å²) < 4.78 is 1.06. The van der Waals surface area contributed by atoms with Gasteiger partial charge in [0.05, 0.1) is 4.81 Å². The zero-order chi connectivity index (χ0) is 20.9. The van der Waals surface area contributed by atoms with Crippen LogP contribution in [0, 0.1) is 35.5 Å². The van der Waals surface area contributed by atoms with Crippen molar-refractivity contribution in [3.63, 3.8) is 0 Å². The highest BCUT2D eigenvalue weighted by Gasteiger charge is 2.43. The highest BCUT2D eigenvalue weighted by atomic mass is 17.1. The fourth-order valence-corrected chi connectivity index (χ4v) is 6.57. The lowest BCUT2D eigenvalue weighted by atomic mass is 9.90. The Morgan fingerprint density at radius 2 is 1.03 bits per heavy atom. The lowest BCUT2D eigenvalue weighted by Gasteiger charge is -2.36. The van der Waals surface area contributed by atoms with Crippen LogP contribution in [0.5, 0.6) is 0 Å². The normalized spacial score (nSPS) is 35.9. The van der Waals surface area contributed by atoms with Crippen LogP contribution >= 0.6 is 0 Å². The number of allylic oxidation sites excluding steroid dienone is 4. The molecule has 4 bridgehead atoms. The Bertz CT molecular complexity index is 601. The molecule has 5 heteroatoms. The molecule has 0 N–H and O–H groups in total. The summed E-state index contributed by atoms with van der Waals surface area (Å²) in [6.07, 6.45) is 17.7. The molecule has 29 heavy (non-hydrogen) atoms. The minimum Gasteiger partial charge on any atom is -0.129 e. The third kappa shape index (κ3) is 5.31. The summed E-state index contributed by atoms with van der Waals surface area (Å²) in [7, 11) is 12.7. The predicted molar refractivity (Wildman–Crippen MR) is 115 cm³/mol. The monoisotopic (exact) mass is 406 g/mol. The number of hydrogen-bond donors (Lipinski definition) is 0. The second kappa shape index (κ2) is 7.76. The molecule has 0 aromatic heterocycles. The summed E-state index contributed by atoms with van der Waals surface area (Å²) in [4.78, 5) is 13.0. The van der Waals surface area contributed by atoms with E-state index in [0.29, 0.717) is 9.29 Å². The molecule has 4 aliphatic rings. The lowest BCUT2D eigenvalue weighted by molar-refractivity contribution is -1.48. The molecule has 4 rings (SSSR count). The van der Waals surface area contributed by atoms with Gasteiger partial charge in [0.2, 0.25) is 0 Å². The summed E-state index contributed by atoms with van der Waals surface area (Å²) in [5.74, 6) is 5.00. The molecule has 6 atom stereocenters. The minimum absolute atomic E-state index is 0.118. The van der Waals surface area contributed by atoms with Crippen LogP contribution in [0.3, 0.4) is 0 Å². The van der Waals surface area contributed by atoms with Crippen LogP contribution in [0.15, 0.2) is 24.3 Å². The van der Waals surface area contributed by atoms with Gasteiger partial charge in [0.25, 0.3) is 0 Å². The Morgan fingerprint density at radius 1 is 0.621 bits per heavy atom. The maximum absolute atomic E-state index is 6.43. The molecule has 0 radical (unpaired) electrons. The summed E-state index contributed by atoms with van der Waals surface area (Å²) >= 11 is 0. The molecular weight excluding hydrogens is 362 g/mol. The maximum atomic E-state index is 6.43. The van der Waals surface area contributed by atoms with Crippen molar-refractivity contribution in [2.75, 3.05) is 55.4 Å². The van der Waals surface area contributed by atoms with E-state index in [2.05, 4.69) is 52.5 Å². The number of hydrogen-bond acceptors (Lipinski definition) is 2. The van der Waals surface area contributed by atoms with Crippen molar-refractivity contribution >= 4 is 0 Å². The van der Waals surface area contributed by atoms with Gasteiger partial charge in [-0.1, -0.05) is 24.3 Å². The van der Waals surface area contributed by atoms with Crippen LogP contribution in [-0.2, 0) is 9.88 Å². The smallest absolute Gasteiger partial charge is 0.129 e. The minimum atomic E-state index is 0.118. The van der Waals surface area contributed by atoms with E-state index in [-0.39, 0.29) is 4.81 Å². The third-order valence-electron chi connectivity index (χ3n) is 7.74. The van der Waals surface area contributed by atoms with E-state index < -0.39 is 0 Å². The predicted octanol–water partition coefficient (Wildman–Crippen LogP) is 4.11. The fourth-order valence-electron chi connectivity index (χ4n) is 6.57. The van der Waals surface area contributed by atoms with E-state index in [1.165, 1.54) is 38.5 Å². The van der Waals surface area contributed by atoms with Crippen molar-refractivity contribution < 1.29 is 24.0 Å². The first-order valence-corrected chi connectivity index (χ1v) is 11.8. The maximum Gasteiger partial charge on any atom is 0.144 e. The highest BCUT2D eigenvalue weighted by Crippen LogP contribution is 2.46. The van der Waals surface area contributed by atoms with Gasteiger partial charge in [-0.3, -0.25) is 0 Å². The molecule has 2 fully saturated rings. The van der Waals surface area contributed by atoms with Gasteiger partial charge in [0.15, 0.2) is 0 Å². The van der Waals surface area contributed by atoms with E-state index >= 15 is 0 Å². The van der Waals surface area contributed by atoms with E-state index in [1.54, 1.807) is 0 Å². The van der Waals surface area contributed by atoms with Gasteiger partial charge in [0, 0.05) is 22.7 Å². The van der Waals surface area contributed by atoms with Crippen LogP contribution in [0.2, 0.25) is 0 Å². The topological polar surface area (TPSA) is 18.5 Å². The number of rotatable bonds is 10. The van der Waals surface area contributed by atoms with Crippen LogP contribution in [0.1, 0.15) is 38.5 Å². The van der Waals surface area contributed by atoms with E-state index in [9.17, 15) is 0 Å². The van der Waals surface area contributed by atoms with Gasteiger partial charge >= 0.3 is 0 Å². The molecule has 0 aromatic carbocycles. The summed E-state index contributed by atoms with van der Waals surface area (Å²) in [5, 5.41) is 0. The van der Waals surface area contributed by atoms with Gasteiger partial charge in [0.1, 0.15) is 55.4 Å². The molecule has 0 saturated heterocycles. The zero-order valence-corrected chi connectivity index (χ0v) is 19.6. The van der Waals surface area contributed by atoms with E-state index in [1.807, 2.05) is 14.1 Å². The average Bonchev–Trinajstić information content (AvgIpc) is 3.36. The second-order valence-corrected chi connectivity index (χ2v) is 11.7. The molecular formula is C24H44N3O2+3. The molecule has 5 nitrogen and oxygen atoms in total. The first-order valence-electron chi connectivity index (χ1n) is 11.8. The quantitative estimate of drug-likeness (QED) is 0.309. The zero-order valence-electron chi connectivity index (χ0n) is 19.6. The molecule has 0 aliphatic heterocycles. The molecule has 4 aliphatic carbocycles. The van der Waals surface area contributed by atoms with Crippen LogP contribution < -0.4 is 0 Å². The van der Waals surface area contributed by atoms with Crippen molar-refractivity contribution in [1.82, 2.24) is 0 Å². The van der Waals surface area contributed by atoms with Gasteiger partial charge < -0.3 is 0 Å². The molecule has 164 valence electrons. The van der Waals surface area contributed by atoms with Crippen LogP contribution in [0.4, 0.5) is 0 Å². The first kappa shape index (κ1) is 21.5. The SMILES string of the molecule is C[N+](C)(CCC1CC2C=CC1C2)O[N+](C)(C)O[N+](C)(C)CCC1CC2C=CC1C2. The Labute approximate surface area is 178 Å². The van der Waals surface area contributed by atoms with Crippen LogP contribution in [-0.4, -0.2) is 69.5 Å². The summed E-state index contributed by atoms with van der Waals surface area (Å²) in [5.41, 5.74) is 0. The van der Waals surface area contributed by atoms with Crippen molar-refractivity contribution in [1.29, 1.82) is 0 Å². The van der Waals surface area contributed by atoms with Gasteiger partial charge in [-0.05, 0) is 61.2 Å². The lowest BCUT2D eigenvalue weighted by Crippen LogP contribution is -2.59. The van der Waals surface area contributed by atoms with Crippen molar-refractivity contribution in [2.45, 2.75) is 38.5 Å². The molecule has 0 amide bonds. The Balaban J connectivity index is 1.23. The third-order valence-corrected chi connectivity index (χ3v) is 7.74. The Kier molecular flexibility index (Phi) is 5.75. The Morgan fingerprint density at radius 3 is 1.34 bits per heavy atom. The standard InChI is InChI=1S/C24H44N3O2/c1-25(2,13-11-23-17-19-7-9-21(23)15-19)28-27(5,6)29-26(3,4)14-12-24-18-20-8-10-22(24)16-20/h7-10,19-24H,11-18H2,1-6H3/q+3. The van der Waals surface area contributed by atoms with Crippen molar-refractivity contribution in [2.24, 2.45) is 35.5 Å². The van der Waals surface area contributed by atoms with Crippen molar-refractivity contribution in [3.05, 3.63) is 24.3 Å². The number of nitrogens with zero attached hydrogens (tertiary/aromatic N) is 3. The van der Waals surface area contributed by atoms with E-state index in [4.69, 9.17) is 9.88 Å². The average molecular weight is 407 g/mol. The van der Waals surface area contributed by atoms with Gasteiger partial charge in [-0.2, -0.15) is 0 Å². The largest absolute Gasteiger partial charge is 0.144 e. The Hall–Kier alpha value is -0.720. The fraction of sp³-hybridized carbons (Fsp3) is 0.833. The summed E-state index contributed by atoms with van der Waals surface area (Å²) in [6.45, 7) is 2.05. The number of hydroxylamine groups is 10. The molecule has 0 aromatic rings. The highest BCUT2D eigenvalue weighted by molar-refractivity contribution is 5.10. The second-order valence-electron chi connectivity index (χ2n) is 11.7. The first-order chi connectivity index (χ1) is 13.5. The molecule has 6 unspecified atom stereocenters. The van der Waals surface area contributed by atoms with Crippen molar-refractivity contribution in [3.8, 4) is 0 Å². The van der Waals surface area contributed by atoms with Gasteiger partial charge in [-0.25, -0.2) is 0 Å². The molecule has 0 heterocycles. The number of fused-ring (bicyclic) bond motifs is 4.